The molecule has 0 aliphatic carbocycles. The molecular weight excluding hydrogens is 368 g/mol. The number of carbonyl (C=O) groups excluding carboxylic acids is 2. The summed E-state index contributed by atoms with van der Waals surface area (Å²) in [4.78, 5) is 26.1. The minimum absolute atomic E-state index is 0.138. The molecule has 1 aliphatic rings. The van der Waals surface area contributed by atoms with Crippen molar-refractivity contribution in [1.29, 1.82) is 0 Å². The Bertz CT molecular complexity index is 848. The van der Waals surface area contributed by atoms with Crippen LogP contribution in [-0.4, -0.2) is 36.5 Å². The molecule has 6 heteroatoms. The lowest BCUT2D eigenvalue weighted by atomic mass is 10.1. The summed E-state index contributed by atoms with van der Waals surface area (Å²) in [6.07, 6.45) is 1.56. The Balaban J connectivity index is 1.57. The number of hydrogen-bond acceptors (Lipinski definition) is 4. The lowest BCUT2D eigenvalue weighted by Gasteiger charge is -2.15. The van der Waals surface area contributed by atoms with Gasteiger partial charge in [-0.2, -0.15) is 0 Å². The first kappa shape index (κ1) is 20.7. The van der Waals surface area contributed by atoms with Crippen molar-refractivity contribution in [3.05, 3.63) is 59.2 Å². The maximum absolute atomic E-state index is 12.5. The molecule has 2 aromatic carbocycles. The molecule has 0 bridgehead atoms. The molecular formula is C23H28N2O4. The maximum Gasteiger partial charge on any atom is 0.251 e. The van der Waals surface area contributed by atoms with E-state index in [9.17, 15) is 9.59 Å². The van der Waals surface area contributed by atoms with Crippen LogP contribution in [0.2, 0.25) is 0 Å². The normalized spacial score (nSPS) is 13.4. The molecule has 0 spiro atoms. The maximum atomic E-state index is 12.5. The van der Waals surface area contributed by atoms with Crippen LogP contribution in [0.25, 0.3) is 0 Å². The predicted octanol–water partition coefficient (Wildman–Crippen LogP) is 3.54. The zero-order valence-corrected chi connectivity index (χ0v) is 17.1. The summed E-state index contributed by atoms with van der Waals surface area (Å²) in [5.74, 6) is 1.45. The molecule has 0 radical (unpaired) electrons. The van der Waals surface area contributed by atoms with Crippen LogP contribution in [0.4, 0.5) is 0 Å². The molecule has 1 heterocycles. The lowest BCUT2D eigenvalue weighted by Crippen LogP contribution is -2.24. The highest BCUT2D eigenvalue weighted by Crippen LogP contribution is 2.28. The van der Waals surface area contributed by atoms with Crippen molar-refractivity contribution in [2.45, 2.75) is 39.8 Å². The smallest absolute Gasteiger partial charge is 0.251 e. The quantitative estimate of drug-likeness (QED) is 0.704. The second-order valence-corrected chi connectivity index (χ2v) is 6.95. The van der Waals surface area contributed by atoms with E-state index in [1.54, 1.807) is 12.1 Å². The minimum Gasteiger partial charge on any atom is -0.490 e. The number of nitrogens with zero attached hydrogens (tertiary/aromatic N) is 1. The van der Waals surface area contributed by atoms with Crippen LogP contribution in [0, 0.1) is 0 Å². The van der Waals surface area contributed by atoms with Crippen molar-refractivity contribution in [3.8, 4) is 11.5 Å². The lowest BCUT2D eigenvalue weighted by molar-refractivity contribution is -0.128. The van der Waals surface area contributed by atoms with E-state index in [-0.39, 0.29) is 11.8 Å². The highest BCUT2D eigenvalue weighted by molar-refractivity contribution is 5.94. The zero-order valence-electron chi connectivity index (χ0n) is 17.1. The van der Waals surface area contributed by atoms with Gasteiger partial charge in [-0.25, -0.2) is 0 Å². The minimum atomic E-state index is -0.138. The Morgan fingerprint density at radius 3 is 2.34 bits per heavy atom. The third-order valence-electron chi connectivity index (χ3n) is 4.82. The molecule has 1 N–H and O–H groups in total. The molecule has 0 atom stereocenters. The molecule has 0 saturated carbocycles. The standard InChI is InChI=1S/C23H28N2O4/c1-3-28-20-12-9-18(14-21(20)29-4-2)15-24-23(27)19-10-7-17(8-11-19)16-25-13-5-6-22(25)26/h7-12,14H,3-6,13,15-16H2,1-2H3,(H,24,27). The van der Waals surface area contributed by atoms with E-state index >= 15 is 0 Å². The molecule has 2 amide bonds. The molecule has 1 fully saturated rings. The van der Waals surface area contributed by atoms with E-state index in [1.165, 1.54) is 0 Å². The van der Waals surface area contributed by atoms with E-state index in [0.29, 0.717) is 49.8 Å². The van der Waals surface area contributed by atoms with Crippen molar-refractivity contribution in [3.63, 3.8) is 0 Å². The number of nitrogens with one attached hydrogen (secondary N) is 1. The van der Waals surface area contributed by atoms with Crippen LogP contribution in [0.1, 0.15) is 48.2 Å². The van der Waals surface area contributed by atoms with Gasteiger partial charge in [0.1, 0.15) is 0 Å². The highest BCUT2D eigenvalue weighted by atomic mass is 16.5. The van der Waals surface area contributed by atoms with Gasteiger partial charge in [0.2, 0.25) is 5.91 Å². The van der Waals surface area contributed by atoms with Gasteiger partial charge in [-0.3, -0.25) is 9.59 Å². The first-order valence-electron chi connectivity index (χ1n) is 10.1. The summed E-state index contributed by atoms with van der Waals surface area (Å²) in [5, 5.41) is 2.94. The van der Waals surface area contributed by atoms with Crippen molar-refractivity contribution in [1.82, 2.24) is 10.2 Å². The van der Waals surface area contributed by atoms with E-state index in [2.05, 4.69) is 5.32 Å². The third-order valence-corrected chi connectivity index (χ3v) is 4.82. The van der Waals surface area contributed by atoms with E-state index in [0.717, 1.165) is 24.1 Å². The van der Waals surface area contributed by atoms with Crippen LogP contribution < -0.4 is 14.8 Å². The summed E-state index contributed by atoms with van der Waals surface area (Å²) in [7, 11) is 0. The fourth-order valence-corrected chi connectivity index (χ4v) is 3.34. The summed E-state index contributed by atoms with van der Waals surface area (Å²) < 4.78 is 11.2. The van der Waals surface area contributed by atoms with Gasteiger partial charge in [-0.15, -0.1) is 0 Å². The van der Waals surface area contributed by atoms with E-state index in [4.69, 9.17) is 9.47 Å². The Kier molecular flexibility index (Phi) is 7.11. The van der Waals surface area contributed by atoms with Crippen LogP contribution in [0.3, 0.4) is 0 Å². The Morgan fingerprint density at radius 1 is 1.00 bits per heavy atom. The molecule has 29 heavy (non-hydrogen) atoms. The average molecular weight is 396 g/mol. The second kappa shape index (κ2) is 9.96. The first-order valence-corrected chi connectivity index (χ1v) is 10.1. The number of benzene rings is 2. The van der Waals surface area contributed by atoms with Gasteiger partial charge in [0.05, 0.1) is 13.2 Å². The molecule has 154 valence electrons. The number of likely N-dealkylation sites (tertiary alicyclic amines) is 1. The Labute approximate surface area is 171 Å². The van der Waals surface area contributed by atoms with Gasteiger partial charge >= 0.3 is 0 Å². The Morgan fingerprint density at radius 2 is 1.69 bits per heavy atom. The van der Waals surface area contributed by atoms with Gasteiger partial charge in [0.15, 0.2) is 11.5 Å². The predicted molar refractivity (Wildman–Crippen MR) is 111 cm³/mol. The van der Waals surface area contributed by atoms with Crippen LogP contribution in [-0.2, 0) is 17.9 Å². The monoisotopic (exact) mass is 396 g/mol. The Hall–Kier alpha value is -3.02. The number of carbonyl (C=O) groups is 2. The second-order valence-electron chi connectivity index (χ2n) is 6.95. The van der Waals surface area contributed by atoms with Crippen LogP contribution >= 0.6 is 0 Å². The molecule has 3 rings (SSSR count). The van der Waals surface area contributed by atoms with Gasteiger partial charge in [0, 0.05) is 31.6 Å². The third kappa shape index (κ3) is 5.50. The van der Waals surface area contributed by atoms with Crippen molar-refractivity contribution >= 4 is 11.8 Å². The average Bonchev–Trinajstić information content (AvgIpc) is 3.13. The largest absolute Gasteiger partial charge is 0.490 e. The van der Waals surface area contributed by atoms with Gasteiger partial charge in [-0.05, 0) is 55.7 Å². The molecule has 2 aromatic rings. The zero-order chi connectivity index (χ0) is 20.6. The van der Waals surface area contributed by atoms with Gasteiger partial charge < -0.3 is 19.7 Å². The SMILES string of the molecule is CCOc1ccc(CNC(=O)c2ccc(CN3CCCC3=O)cc2)cc1OCC. The number of ether oxygens (including phenoxy) is 2. The highest BCUT2D eigenvalue weighted by Gasteiger charge is 2.20. The van der Waals surface area contributed by atoms with Crippen molar-refractivity contribution in [2.24, 2.45) is 0 Å². The summed E-state index contributed by atoms with van der Waals surface area (Å²) >= 11 is 0. The van der Waals surface area contributed by atoms with Gasteiger partial charge in [0.25, 0.3) is 5.91 Å². The fraction of sp³-hybridized carbons (Fsp3) is 0.391. The number of hydrogen-bond donors (Lipinski definition) is 1. The number of amides is 2. The first-order chi connectivity index (χ1) is 14.1. The van der Waals surface area contributed by atoms with Crippen LogP contribution in [0.5, 0.6) is 11.5 Å². The van der Waals surface area contributed by atoms with Crippen molar-refractivity contribution < 1.29 is 19.1 Å². The fourth-order valence-electron chi connectivity index (χ4n) is 3.34. The molecule has 0 aromatic heterocycles. The van der Waals surface area contributed by atoms with E-state index in [1.807, 2.05) is 49.1 Å². The summed E-state index contributed by atoms with van der Waals surface area (Å²) in [5.41, 5.74) is 2.57. The van der Waals surface area contributed by atoms with E-state index < -0.39 is 0 Å². The topological polar surface area (TPSA) is 67.9 Å². The molecule has 0 unspecified atom stereocenters. The molecule has 6 nitrogen and oxygen atoms in total. The molecule has 1 saturated heterocycles. The van der Waals surface area contributed by atoms with Crippen molar-refractivity contribution in [2.75, 3.05) is 19.8 Å². The van der Waals surface area contributed by atoms with Gasteiger partial charge in [-0.1, -0.05) is 18.2 Å². The summed E-state index contributed by atoms with van der Waals surface area (Å²) in [6.45, 7) is 6.78. The summed E-state index contributed by atoms with van der Waals surface area (Å²) in [6, 6.07) is 13.1. The number of rotatable bonds is 9. The molecule has 1 aliphatic heterocycles. The van der Waals surface area contributed by atoms with Crippen LogP contribution in [0.15, 0.2) is 42.5 Å².